The van der Waals surface area contributed by atoms with Crippen molar-refractivity contribution in [1.29, 1.82) is 0 Å². The fourth-order valence-corrected chi connectivity index (χ4v) is 3.36. The first-order chi connectivity index (χ1) is 17.5. The van der Waals surface area contributed by atoms with Crippen molar-refractivity contribution in [2.75, 3.05) is 48.9 Å². The summed E-state index contributed by atoms with van der Waals surface area (Å²) in [6, 6.07) is 13.7. The Kier molecular flexibility index (Phi) is 9.50. The second-order valence-electron chi connectivity index (χ2n) is 7.72. The molecule has 1 aliphatic heterocycles. The third-order valence-corrected chi connectivity index (χ3v) is 5.14. The number of nitrogens with one attached hydrogen (secondary N) is 3. The van der Waals surface area contributed by atoms with Gasteiger partial charge in [-0.2, -0.15) is 4.98 Å². The Hall–Kier alpha value is -4.51. The summed E-state index contributed by atoms with van der Waals surface area (Å²) in [6.07, 6.45) is 2.20. The van der Waals surface area contributed by atoms with Gasteiger partial charge in [0.15, 0.2) is 18.2 Å². The van der Waals surface area contributed by atoms with Crippen molar-refractivity contribution in [3.8, 4) is 5.75 Å². The highest BCUT2D eigenvalue weighted by Gasteiger charge is 2.17. The molecule has 11 heteroatoms. The van der Waals surface area contributed by atoms with Crippen molar-refractivity contribution >= 4 is 40.6 Å². The second-order valence-corrected chi connectivity index (χ2v) is 7.72. The molecule has 1 aromatic heterocycles. The topological polar surface area (TPSA) is 118 Å². The zero-order valence-electron chi connectivity index (χ0n) is 19.4. The van der Waals surface area contributed by atoms with Crippen molar-refractivity contribution < 1.29 is 23.5 Å². The molecule has 2 heterocycles. The molecule has 0 radical (unpaired) electrons. The average molecular weight is 509 g/mol. The van der Waals surface area contributed by atoms with Gasteiger partial charge in [-0.25, -0.2) is 9.37 Å². The molecule has 10 nitrogen and oxygen atoms in total. The second kappa shape index (κ2) is 13.0. The van der Waals surface area contributed by atoms with Gasteiger partial charge in [-0.15, -0.1) is 0 Å². The number of hydrogen-bond acceptors (Lipinski definition) is 8. The minimum atomic E-state index is -0.653. The van der Waals surface area contributed by atoms with Gasteiger partial charge in [0.05, 0.1) is 19.4 Å². The summed E-state index contributed by atoms with van der Waals surface area (Å²) >= 11 is 0. The Bertz CT molecular complexity index is 1250. The van der Waals surface area contributed by atoms with Crippen LogP contribution in [-0.2, 0) is 14.3 Å². The molecule has 0 saturated carbocycles. The molecule has 3 aromatic rings. The van der Waals surface area contributed by atoms with Crippen LogP contribution in [0.15, 0.2) is 67.4 Å². The van der Waals surface area contributed by atoms with Crippen molar-refractivity contribution in [2.24, 2.45) is 0 Å². The van der Waals surface area contributed by atoms with Gasteiger partial charge in [0.25, 0.3) is 5.91 Å². The maximum absolute atomic E-state index is 14.4. The van der Waals surface area contributed by atoms with Gasteiger partial charge in [-0.05, 0) is 36.4 Å². The molecule has 37 heavy (non-hydrogen) atoms. The van der Waals surface area contributed by atoms with Gasteiger partial charge < -0.3 is 30.3 Å². The average Bonchev–Trinajstić information content (AvgIpc) is 2.90. The smallest absolute Gasteiger partial charge is 0.260 e. The fraction of sp³-hybridized carbons (Fsp3) is 0.231. The van der Waals surface area contributed by atoms with E-state index in [1.165, 1.54) is 0 Å². The van der Waals surface area contributed by atoms with Crippen molar-refractivity contribution in [3.63, 3.8) is 0 Å². The first-order valence-corrected chi connectivity index (χ1v) is 11.2. The lowest BCUT2D eigenvalue weighted by atomic mass is 10.2. The van der Waals surface area contributed by atoms with Gasteiger partial charge in [0.1, 0.15) is 5.75 Å². The Balaban J connectivity index is 0.00000380. The molecule has 1 fully saturated rings. The molecule has 2 aromatic carbocycles. The number of hydrogen-bond donors (Lipinski definition) is 3. The summed E-state index contributed by atoms with van der Waals surface area (Å²) in [4.78, 5) is 33.7. The lowest BCUT2D eigenvalue weighted by Crippen LogP contribution is -2.42. The quantitative estimate of drug-likeness (QED) is 0.370. The van der Waals surface area contributed by atoms with E-state index in [-0.39, 0.29) is 37.6 Å². The zero-order chi connectivity index (χ0) is 25.3. The number of ether oxygens (including phenoxy) is 2. The van der Waals surface area contributed by atoms with Gasteiger partial charge in [0.2, 0.25) is 11.9 Å². The van der Waals surface area contributed by atoms with E-state index in [9.17, 15) is 14.0 Å². The number of morpholine rings is 1. The molecule has 0 bridgehead atoms. The zero-order valence-corrected chi connectivity index (χ0v) is 19.4. The molecule has 0 aliphatic carbocycles. The number of benzene rings is 2. The SMILES string of the molecule is C.C=CC(=O)Nc1cccc(Nc2nc(Nc3cccc(OCC(=O)N4CCOCC4)c3)ncc2F)c1. The maximum atomic E-state index is 14.4. The van der Waals surface area contributed by atoms with E-state index in [0.29, 0.717) is 49.1 Å². The van der Waals surface area contributed by atoms with Crippen LogP contribution in [0, 0.1) is 5.82 Å². The summed E-state index contributed by atoms with van der Waals surface area (Å²) in [5.74, 6) is -0.536. The van der Waals surface area contributed by atoms with E-state index >= 15 is 0 Å². The van der Waals surface area contributed by atoms with Gasteiger partial charge in [-0.1, -0.05) is 26.1 Å². The van der Waals surface area contributed by atoms with Crippen LogP contribution in [-0.4, -0.2) is 59.6 Å². The van der Waals surface area contributed by atoms with Crippen LogP contribution in [0.4, 0.5) is 33.2 Å². The fourth-order valence-electron chi connectivity index (χ4n) is 3.36. The molecule has 1 aliphatic rings. The third-order valence-electron chi connectivity index (χ3n) is 5.14. The molecule has 3 N–H and O–H groups in total. The molecule has 0 unspecified atom stereocenters. The molecule has 0 spiro atoms. The number of carbonyl (C=O) groups is 2. The van der Waals surface area contributed by atoms with E-state index in [1.807, 2.05) is 0 Å². The number of anilines is 5. The standard InChI is InChI=1S/C25H25FN6O4.CH4/c1-2-22(33)28-17-5-3-6-18(13-17)29-24-21(26)15-27-25(31-24)30-19-7-4-8-20(14-19)36-16-23(34)32-9-11-35-12-10-32;/h2-8,13-15H,1,9-12,16H2,(H,28,33)(H2,27,29,30,31);1H4. The van der Waals surface area contributed by atoms with E-state index in [1.54, 1.807) is 53.4 Å². The van der Waals surface area contributed by atoms with E-state index in [4.69, 9.17) is 9.47 Å². The van der Waals surface area contributed by atoms with E-state index < -0.39 is 5.82 Å². The Morgan fingerprint density at radius 1 is 1.08 bits per heavy atom. The van der Waals surface area contributed by atoms with E-state index in [2.05, 4.69) is 32.5 Å². The largest absolute Gasteiger partial charge is 0.484 e. The minimum absolute atomic E-state index is 0. The van der Waals surface area contributed by atoms with Gasteiger partial charge in [-0.3, -0.25) is 9.59 Å². The summed E-state index contributed by atoms with van der Waals surface area (Å²) < 4.78 is 25.3. The molecule has 2 amide bonds. The third kappa shape index (κ3) is 7.74. The molecule has 194 valence electrons. The van der Waals surface area contributed by atoms with Crippen LogP contribution >= 0.6 is 0 Å². The summed E-state index contributed by atoms with van der Waals surface area (Å²) in [7, 11) is 0. The van der Waals surface area contributed by atoms with Crippen LogP contribution in [0.25, 0.3) is 0 Å². The summed E-state index contributed by atoms with van der Waals surface area (Å²) in [5.41, 5.74) is 1.63. The van der Waals surface area contributed by atoms with Gasteiger partial charge in [0, 0.05) is 36.2 Å². The monoisotopic (exact) mass is 508 g/mol. The lowest BCUT2D eigenvalue weighted by molar-refractivity contribution is -0.137. The summed E-state index contributed by atoms with van der Waals surface area (Å²) in [6.45, 7) is 5.48. The number of amides is 2. The Morgan fingerprint density at radius 2 is 1.78 bits per heavy atom. The summed E-state index contributed by atoms with van der Waals surface area (Å²) in [5, 5.41) is 8.53. The predicted octanol–water partition coefficient (Wildman–Crippen LogP) is 4.10. The number of carbonyl (C=O) groups excluding carboxylic acids is 2. The molecular formula is C26H29FN6O4. The highest BCUT2D eigenvalue weighted by molar-refractivity contribution is 5.99. The maximum Gasteiger partial charge on any atom is 0.260 e. The number of nitrogens with zero attached hydrogens (tertiary/aromatic N) is 3. The predicted molar refractivity (Wildman–Crippen MR) is 140 cm³/mol. The van der Waals surface area contributed by atoms with Crippen molar-refractivity contribution in [2.45, 2.75) is 7.43 Å². The highest BCUT2D eigenvalue weighted by atomic mass is 19.1. The molecular weight excluding hydrogens is 479 g/mol. The van der Waals surface area contributed by atoms with Crippen LogP contribution in [0.1, 0.15) is 7.43 Å². The van der Waals surface area contributed by atoms with Crippen LogP contribution in [0.5, 0.6) is 5.75 Å². The van der Waals surface area contributed by atoms with Crippen LogP contribution < -0.4 is 20.7 Å². The number of aromatic nitrogens is 2. The first kappa shape index (κ1) is 27.1. The van der Waals surface area contributed by atoms with Crippen molar-refractivity contribution in [1.82, 2.24) is 14.9 Å². The van der Waals surface area contributed by atoms with Gasteiger partial charge >= 0.3 is 0 Å². The molecule has 4 rings (SSSR count). The van der Waals surface area contributed by atoms with E-state index in [0.717, 1.165) is 12.3 Å². The molecule has 0 atom stereocenters. The van der Waals surface area contributed by atoms with Crippen LogP contribution in [0.2, 0.25) is 0 Å². The first-order valence-electron chi connectivity index (χ1n) is 11.2. The highest BCUT2D eigenvalue weighted by Crippen LogP contribution is 2.24. The number of halogens is 1. The Labute approximate surface area is 214 Å². The minimum Gasteiger partial charge on any atom is -0.484 e. The van der Waals surface area contributed by atoms with Crippen molar-refractivity contribution in [3.05, 3.63) is 73.2 Å². The van der Waals surface area contributed by atoms with Crippen LogP contribution in [0.3, 0.4) is 0 Å². The Morgan fingerprint density at radius 3 is 2.54 bits per heavy atom. The lowest BCUT2D eigenvalue weighted by Gasteiger charge is -2.26. The normalized spacial score (nSPS) is 12.6. The molecule has 1 saturated heterocycles. The number of rotatable bonds is 9.